The normalized spacial score (nSPS) is 12.2. The second-order valence-electron chi connectivity index (χ2n) is 8.87. The number of rotatable bonds is 8. The van der Waals surface area contributed by atoms with Crippen molar-refractivity contribution >= 4 is 84.5 Å². The number of amides is 2. The first kappa shape index (κ1) is 30.4. The fourth-order valence-corrected chi connectivity index (χ4v) is 5.84. The van der Waals surface area contributed by atoms with E-state index in [1.165, 1.54) is 12.3 Å². The van der Waals surface area contributed by atoms with Gasteiger partial charge in [-0.1, -0.05) is 52.3 Å². The van der Waals surface area contributed by atoms with E-state index in [4.69, 9.17) is 14.2 Å². The number of carbonyl (C=O) groups is 3. The van der Waals surface area contributed by atoms with E-state index in [0.717, 1.165) is 3.57 Å². The van der Waals surface area contributed by atoms with Crippen molar-refractivity contribution in [2.45, 2.75) is 0 Å². The summed E-state index contributed by atoms with van der Waals surface area (Å²) in [5.41, 5.74) is 4.14. The van der Waals surface area contributed by atoms with E-state index in [0.29, 0.717) is 42.7 Å². The maximum Gasteiger partial charge on any atom is 0.344 e. The Morgan fingerprint density at radius 2 is 1.65 bits per heavy atom. The third kappa shape index (κ3) is 7.69. The number of nitrogens with zero attached hydrogens (tertiary/aromatic N) is 1. The number of hydrogen-bond acceptors (Lipinski definition) is 7. The Bertz CT molecular complexity index is 1780. The maximum absolute atomic E-state index is 13.3. The summed E-state index contributed by atoms with van der Waals surface area (Å²) < 4.78 is 18.4. The van der Waals surface area contributed by atoms with Gasteiger partial charge in [-0.05, 0) is 98.7 Å². The molecule has 2 amide bonds. The van der Waals surface area contributed by atoms with Gasteiger partial charge in [0.2, 0.25) is 6.79 Å². The minimum atomic E-state index is -0.690. The molecule has 0 aliphatic carbocycles. The Hall–Kier alpha value is -4.01. The lowest BCUT2D eigenvalue weighted by Crippen LogP contribution is -2.32. The Balaban J connectivity index is 1.39. The summed E-state index contributed by atoms with van der Waals surface area (Å²) in [5, 5.41) is 6.74. The predicted octanol–water partition coefficient (Wildman–Crippen LogP) is 6.69. The van der Waals surface area contributed by atoms with Crippen LogP contribution in [0.2, 0.25) is 0 Å². The Kier molecular flexibility index (Phi) is 9.89. The molecule has 4 aromatic carbocycles. The summed E-state index contributed by atoms with van der Waals surface area (Å²) in [7, 11) is 0. The van der Waals surface area contributed by atoms with E-state index in [9.17, 15) is 14.4 Å². The van der Waals surface area contributed by atoms with Crippen molar-refractivity contribution in [2.24, 2.45) is 5.10 Å². The predicted molar refractivity (Wildman–Crippen MR) is 176 cm³/mol. The summed E-state index contributed by atoms with van der Waals surface area (Å²) >= 11 is 8.92. The number of fused-ring (bicyclic) bond motifs is 1. The lowest BCUT2D eigenvalue weighted by molar-refractivity contribution is -0.117. The van der Waals surface area contributed by atoms with Gasteiger partial charge in [-0.25, -0.2) is 10.2 Å². The van der Waals surface area contributed by atoms with Gasteiger partial charge in [0.15, 0.2) is 17.2 Å². The largest absolute Gasteiger partial charge is 0.454 e. The van der Waals surface area contributed by atoms with Crippen molar-refractivity contribution in [3.8, 4) is 17.2 Å². The first-order valence-corrected chi connectivity index (χ1v) is 15.2. The SMILES string of the molecule is O=C(N/N=C/c1cc(Br)cc(Br)c1OC(=O)c1ccccc1I)/C(=C\c1ccc2c(c1)OCO2)NC(=O)c1ccccc1. The molecule has 1 aliphatic rings. The average Bonchev–Trinajstić information content (AvgIpc) is 3.47. The summed E-state index contributed by atoms with van der Waals surface area (Å²) in [4.78, 5) is 39.1. The second-order valence-corrected chi connectivity index (χ2v) is 11.8. The molecule has 0 fully saturated rings. The molecular formula is C31H20Br2IN3O6. The number of benzene rings is 4. The molecular weight excluding hydrogens is 797 g/mol. The van der Waals surface area contributed by atoms with Gasteiger partial charge in [-0.3, -0.25) is 9.59 Å². The van der Waals surface area contributed by atoms with Gasteiger partial charge in [0, 0.05) is 19.2 Å². The number of halogens is 3. The lowest BCUT2D eigenvalue weighted by atomic mass is 10.1. The zero-order chi connectivity index (χ0) is 30.3. The summed E-state index contributed by atoms with van der Waals surface area (Å²) in [6.07, 6.45) is 2.83. The van der Waals surface area contributed by atoms with Gasteiger partial charge in [0.25, 0.3) is 11.8 Å². The third-order valence-corrected chi connectivity index (χ3v) is 7.92. The van der Waals surface area contributed by atoms with Crippen LogP contribution in [0.15, 0.2) is 105 Å². The molecule has 12 heteroatoms. The molecule has 2 N–H and O–H groups in total. The molecule has 0 spiro atoms. The van der Waals surface area contributed by atoms with Gasteiger partial charge in [0.05, 0.1) is 16.3 Å². The van der Waals surface area contributed by atoms with Gasteiger partial charge in [0.1, 0.15) is 5.70 Å². The van der Waals surface area contributed by atoms with Gasteiger partial charge >= 0.3 is 5.97 Å². The van der Waals surface area contributed by atoms with Crippen molar-refractivity contribution in [3.63, 3.8) is 0 Å². The summed E-state index contributed by atoms with van der Waals surface area (Å²) in [6.45, 7) is 0.100. The van der Waals surface area contributed by atoms with E-state index >= 15 is 0 Å². The Morgan fingerprint density at radius 3 is 2.44 bits per heavy atom. The topological polar surface area (TPSA) is 115 Å². The van der Waals surface area contributed by atoms with Gasteiger partial charge < -0.3 is 19.5 Å². The number of ether oxygens (including phenoxy) is 3. The van der Waals surface area contributed by atoms with E-state index in [1.54, 1.807) is 78.9 Å². The molecule has 43 heavy (non-hydrogen) atoms. The van der Waals surface area contributed by atoms with Gasteiger partial charge in [-0.15, -0.1) is 0 Å². The Labute approximate surface area is 276 Å². The zero-order valence-corrected chi connectivity index (χ0v) is 27.3. The first-order chi connectivity index (χ1) is 20.8. The van der Waals surface area contributed by atoms with E-state index in [-0.39, 0.29) is 18.2 Å². The van der Waals surface area contributed by atoms with Crippen LogP contribution in [0, 0.1) is 3.57 Å². The second kappa shape index (κ2) is 14.0. The average molecular weight is 817 g/mol. The van der Waals surface area contributed by atoms with Crippen LogP contribution in [-0.2, 0) is 4.79 Å². The molecule has 0 aromatic heterocycles. The van der Waals surface area contributed by atoms with Crippen molar-refractivity contribution < 1.29 is 28.6 Å². The number of hydrogen-bond donors (Lipinski definition) is 2. The molecule has 216 valence electrons. The van der Waals surface area contributed by atoms with E-state index in [2.05, 4.69) is 70.3 Å². The molecule has 4 aromatic rings. The molecule has 5 rings (SSSR count). The Morgan fingerprint density at radius 1 is 0.907 bits per heavy atom. The number of nitrogens with one attached hydrogen (secondary N) is 2. The van der Waals surface area contributed by atoms with Crippen molar-refractivity contribution in [3.05, 3.63) is 125 Å². The lowest BCUT2D eigenvalue weighted by Gasteiger charge is -2.12. The first-order valence-electron chi connectivity index (χ1n) is 12.6. The van der Waals surface area contributed by atoms with E-state index in [1.807, 2.05) is 6.07 Å². The standard InChI is InChI=1S/C31H20Br2IN3O6/c32-21-14-20(28(23(33)15-21)43-31(40)22-8-4-5-9-24(22)34)16-35-37-30(39)25(36-29(38)19-6-2-1-3-7-19)12-18-10-11-26-27(13-18)42-17-41-26/h1-16H,17H2,(H,36,38)(H,37,39)/b25-12+,35-16+. The van der Waals surface area contributed by atoms with Crippen LogP contribution in [-0.4, -0.2) is 30.8 Å². The molecule has 1 aliphatic heterocycles. The number of carbonyl (C=O) groups excluding carboxylic acids is 3. The van der Waals surface area contributed by atoms with Crippen LogP contribution in [0.25, 0.3) is 6.08 Å². The molecule has 1 heterocycles. The minimum absolute atomic E-state index is 0.0643. The molecule has 0 saturated carbocycles. The highest BCUT2D eigenvalue weighted by Crippen LogP contribution is 2.34. The van der Waals surface area contributed by atoms with Crippen molar-refractivity contribution in [2.75, 3.05) is 6.79 Å². The summed E-state index contributed by atoms with van der Waals surface area (Å²) in [6, 6.07) is 24.1. The van der Waals surface area contributed by atoms with E-state index < -0.39 is 17.8 Å². The molecule has 0 saturated heterocycles. The minimum Gasteiger partial charge on any atom is -0.454 e. The molecule has 0 radical (unpaired) electrons. The van der Waals surface area contributed by atoms with Crippen molar-refractivity contribution in [1.82, 2.24) is 10.7 Å². The maximum atomic E-state index is 13.3. The number of esters is 1. The van der Waals surface area contributed by atoms with Crippen molar-refractivity contribution in [1.29, 1.82) is 0 Å². The highest BCUT2D eigenvalue weighted by Gasteiger charge is 2.19. The van der Waals surface area contributed by atoms with Crippen LogP contribution >= 0.6 is 54.5 Å². The monoisotopic (exact) mass is 815 g/mol. The highest BCUT2D eigenvalue weighted by atomic mass is 127. The molecule has 0 atom stereocenters. The molecule has 0 bridgehead atoms. The highest BCUT2D eigenvalue weighted by molar-refractivity contribution is 14.1. The van der Waals surface area contributed by atoms with Crippen LogP contribution in [0.1, 0.15) is 31.8 Å². The molecule has 9 nitrogen and oxygen atoms in total. The van der Waals surface area contributed by atoms with Crippen LogP contribution in [0.4, 0.5) is 0 Å². The summed E-state index contributed by atoms with van der Waals surface area (Å²) in [5.74, 6) is -0.409. The van der Waals surface area contributed by atoms with Crippen LogP contribution in [0.5, 0.6) is 17.2 Å². The molecule has 0 unspecified atom stereocenters. The van der Waals surface area contributed by atoms with Crippen LogP contribution in [0.3, 0.4) is 0 Å². The quantitative estimate of drug-likeness (QED) is 0.0512. The fraction of sp³-hybridized carbons (Fsp3) is 0.0323. The number of hydrazone groups is 1. The smallest absolute Gasteiger partial charge is 0.344 e. The van der Waals surface area contributed by atoms with Gasteiger partial charge in [-0.2, -0.15) is 5.10 Å². The fourth-order valence-electron chi connectivity index (χ4n) is 3.89. The third-order valence-electron chi connectivity index (χ3n) is 5.93. The van der Waals surface area contributed by atoms with Crippen LogP contribution < -0.4 is 25.0 Å². The zero-order valence-electron chi connectivity index (χ0n) is 22.0.